The first-order chi connectivity index (χ1) is 6.68. The van der Waals surface area contributed by atoms with Gasteiger partial charge in [-0.2, -0.15) is 0 Å². The maximum absolute atomic E-state index is 6.08. The maximum Gasteiger partial charge on any atom is 0.153 e. The summed E-state index contributed by atoms with van der Waals surface area (Å²) in [7, 11) is 1.86. The standard InChI is InChI=1S/C8H14BrN5/c1-13-7(8(9)11-12-13)6(10)5-14-3-2-4-14/h6H,2-5,10H2,1H3. The summed E-state index contributed by atoms with van der Waals surface area (Å²) in [5.74, 6) is 0. The van der Waals surface area contributed by atoms with E-state index in [0.717, 1.165) is 29.9 Å². The molecule has 1 atom stereocenters. The number of aromatic nitrogens is 3. The van der Waals surface area contributed by atoms with Gasteiger partial charge in [0.15, 0.2) is 4.60 Å². The summed E-state index contributed by atoms with van der Waals surface area (Å²) in [6.07, 6.45) is 1.29. The van der Waals surface area contributed by atoms with E-state index in [1.54, 1.807) is 4.68 Å². The molecule has 0 aliphatic carbocycles. The van der Waals surface area contributed by atoms with Crippen molar-refractivity contribution in [1.29, 1.82) is 0 Å². The molecule has 2 heterocycles. The predicted molar refractivity (Wildman–Crippen MR) is 56.7 cm³/mol. The van der Waals surface area contributed by atoms with Gasteiger partial charge in [-0.3, -0.25) is 0 Å². The molecule has 1 aliphatic rings. The second kappa shape index (κ2) is 3.96. The van der Waals surface area contributed by atoms with Crippen LogP contribution in [0, 0.1) is 0 Å². The van der Waals surface area contributed by atoms with Gasteiger partial charge in [0.25, 0.3) is 0 Å². The van der Waals surface area contributed by atoms with Crippen LogP contribution in [-0.4, -0.2) is 39.5 Å². The molecule has 1 aromatic heterocycles. The first kappa shape index (κ1) is 10.1. The van der Waals surface area contributed by atoms with E-state index in [0.29, 0.717) is 0 Å². The van der Waals surface area contributed by atoms with Gasteiger partial charge in [-0.15, -0.1) is 5.10 Å². The average molecular weight is 260 g/mol. The molecule has 0 radical (unpaired) electrons. The summed E-state index contributed by atoms with van der Waals surface area (Å²) in [5.41, 5.74) is 7.05. The van der Waals surface area contributed by atoms with Gasteiger partial charge in [-0.05, 0) is 35.4 Å². The smallest absolute Gasteiger partial charge is 0.153 e. The van der Waals surface area contributed by atoms with Crippen molar-refractivity contribution in [2.24, 2.45) is 12.8 Å². The number of hydrogen-bond donors (Lipinski definition) is 1. The molecule has 0 aromatic carbocycles. The van der Waals surface area contributed by atoms with Gasteiger partial charge >= 0.3 is 0 Å². The molecule has 1 aromatic rings. The minimum absolute atomic E-state index is 0.00956. The van der Waals surface area contributed by atoms with Gasteiger partial charge in [0, 0.05) is 13.6 Å². The zero-order valence-corrected chi connectivity index (χ0v) is 9.74. The van der Waals surface area contributed by atoms with Crippen LogP contribution in [0.5, 0.6) is 0 Å². The molecular formula is C8H14BrN5. The molecule has 0 spiro atoms. The van der Waals surface area contributed by atoms with Crippen LogP contribution in [0.1, 0.15) is 18.2 Å². The van der Waals surface area contributed by atoms with Crippen LogP contribution in [0.2, 0.25) is 0 Å². The number of hydrogen-bond acceptors (Lipinski definition) is 4. The molecule has 1 unspecified atom stereocenters. The van der Waals surface area contributed by atoms with Gasteiger partial charge < -0.3 is 10.6 Å². The van der Waals surface area contributed by atoms with E-state index < -0.39 is 0 Å². The lowest BCUT2D eigenvalue weighted by molar-refractivity contribution is 0.168. The van der Waals surface area contributed by atoms with E-state index in [2.05, 4.69) is 31.1 Å². The van der Waals surface area contributed by atoms with Gasteiger partial charge in [0.1, 0.15) is 0 Å². The molecule has 1 aliphatic heterocycles. The maximum atomic E-state index is 6.08. The van der Waals surface area contributed by atoms with Crippen LogP contribution in [0.25, 0.3) is 0 Å². The van der Waals surface area contributed by atoms with E-state index in [1.807, 2.05) is 7.05 Å². The molecule has 6 heteroatoms. The third-order valence-electron chi connectivity index (χ3n) is 2.58. The Balaban J connectivity index is 2.05. The number of nitrogens with two attached hydrogens (primary N) is 1. The van der Waals surface area contributed by atoms with Crippen molar-refractivity contribution in [2.75, 3.05) is 19.6 Å². The summed E-state index contributed by atoms with van der Waals surface area (Å²) in [6.45, 7) is 3.22. The molecule has 0 saturated carbocycles. The van der Waals surface area contributed by atoms with Crippen LogP contribution in [0.15, 0.2) is 4.60 Å². The minimum Gasteiger partial charge on any atom is -0.322 e. The minimum atomic E-state index is -0.00956. The topological polar surface area (TPSA) is 60.0 Å². The van der Waals surface area contributed by atoms with Crippen molar-refractivity contribution in [3.63, 3.8) is 0 Å². The van der Waals surface area contributed by atoms with E-state index in [-0.39, 0.29) is 6.04 Å². The third-order valence-corrected chi connectivity index (χ3v) is 3.15. The lowest BCUT2D eigenvalue weighted by Gasteiger charge is -2.32. The lowest BCUT2D eigenvalue weighted by Crippen LogP contribution is -2.42. The number of halogens is 1. The summed E-state index contributed by atoms with van der Waals surface area (Å²) in [6, 6.07) is -0.00956. The predicted octanol–water partition coefficient (Wildman–Crippen LogP) is 0.283. The van der Waals surface area contributed by atoms with Crippen LogP contribution in [-0.2, 0) is 7.05 Å². The Morgan fingerprint density at radius 2 is 2.29 bits per heavy atom. The fourth-order valence-corrected chi connectivity index (χ4v) is 2.28. The Hall–Kier alpha value is -0.460. The highest BCUT2D eigenvalue weighted by Crippen LogP contribution is 2.20. The molecular weight excluding hydrogens is 246 g/mol. The quantitative estimate of drug-likeness (QED) is 0.848. The molecule has 2 N–H and O–H groups in total. The highest BCUT2D eigenvalue weighted by atomic mass is 79.9. The second-order valence-electron chi connectivity index (χ2n) is 3.65. The number of likely N-dealkylation sites (tertiary alicyclic amines) is 1. The summed E-state index contributed by atoms with van der Waals surface area (Å²) >= 11 is 3.35. The zero-order chi connectivity index (χ0) is 10.1. The van der Waals surface area contributed by atoms with Crippen molar-refractivity contribution in [3.05, 3.63) is 10.3 Å². The van der Waals surface area contributed by atoms with Crippen molar-refractivity contribution >= 4 is 15.9 Å². The summed E-state index contributed by atoms with van der Waals surface area (Å²) in [4.78, 5) is 2.34. The lowest BCUT2D eigenvalue weighted by atomic mass is 10.1. The molecule has 0 amide bonds. The molecule has 1 saturated heterocycles. The second-order valence-corrected chi connectivity index (χ2v) is 4.40. The van der Waals surface area contributed by atoms with Crippen molar-refractivity contribution in [2.45, 2.75) is 12.5 Å². The highest BCUT2D eigenvalue weighted by molar-refractivity contribution is 9.10. The monoisotopic (exact) mass is 259 g/mol. The number of nitrogens with zero attached hydrogens (tertiary/aromatic N) is 4. The molecule has 1 fully saturated rings. The van der Waals surface area contributed by atoms with Gasteiger partial charge in [-0.1, -0.05) is 5.21 Å². The summed E-state index contributed by atoms with van der Waals surface area (Å²) in [5, 5.41) is 7.83. The highest BCUT2D eigenvalue weighted by Gasteiger charge is 2.22. The molecule has 0 bridgehead atoms. The Kier molecular flexibility index (Phi) is 2.85. The van der Waals surface area contributed by atoms with Gasteiger partial charge in [0.2, 0.25) is 0 Å². The molecule has 5 nitrogen and oxygen atoms in total. The number of aryl methyl sites for hydroxylation is 1. The Labute approximate surface area is 91.4 Å². The molecule has 2 rings (SSSR count). The first-order valence-electron chi connectivity index (χ1n) is 4.71. The van der Waals surface area contributed by atoms with Crippen molar-refractivity contribution < 1.29 is 0 Å². The Bertz CT molecular complexity index is 300. The van der Waals surface area contributed by atoms with E-state index in [4.69, 9.17) is 5.73 Å². The van der Waals surface area contributed by atoms with Gasteiger partial charge in [0.05, 0.1) is 11.7 Å². The summed E-state index contributed by atoms with van der Waals surface area (Å²) < 4.78 is 2.49. The molecule has 14 heavy (non-hydrogen) atoms. The van der Waals surface area contributed by atoms with Crippen LogP contribution in [0.3, 0.4) is 0 Å². The van der Waals surface area contributed by atoms with Gasteiger partial charge in [-0.25, -0.2) is 4.68 Å². The van der Waals surface area contributed by atoms with Crippen molar-refractivity contribution in [1.82, 2.24) is 19.9 Å². The Morgan fingerprint density at radius 3 is 2.71 bits per heavy atom. The zero-order valence-electron chi connectivity index (χ0n) is 8.15. The first-order valence-corrected chi connectivity index (χ1v) is 5.51. The van der Waals surface area contributed by atoms with E-state index in [9.17, 15) is 0 Å². The number of rotatable bonds is 3. The van der Waals surface area contributed by atoms with E-state index >= 15 is 0 Å². The largest absolute Gasteiger partial charge is 0.322 e. The van der Waals surface area contributed by atoms with Crippen LogP contribution >= 0.6 is 15.9 Å². The van der Waals surface area contributed by atoms with Crippen LogP contribution in [0.4, 0.5) is 0 Å². The Morgan fingerprint density at radius 1 is 1.57 bits per heavy atom. The SMILES string of the molecule is Cn1nnc(Br)c1C(N)CN1CCC1. The fourth-order valence-electron chi connectivity index (χ4n) is 1.66. The molecule has 78 valence electrons. The average Bonchev–Trinajstić information content (AvgIpc) is 2.39. The van der Waals surface area contributed by atoms with E-state index in [1.165, 1.54) is 6.42 Å². The van der Waals surface area contributed by atoms with Crippen molar-refractivity contribution in [3.8, 4) is 0 Å². The third kappa shape index (κ3) is 1.82. The van der Waals surface area contributed by atoms with Crippen LogP contribution < -0.4 is 5.73 Å². The fraction of sp³-hybridized carbons (Fsp3) is 0.750. The normalized spacial score (nSPS) is 19.4.